The molecule has 0 amide bonds. The average molecular weight is 382 g/mol. The third-order valence-electron chi connectivity index (χ3n) is 3.24. The van der Waals surface area contributed by atoms with Gasteiger partial charge in [0.05, 0.1) is 12.0 Å². The predicted octanol–water partition coefficient (Wildman–Crippen LogP) is 2.74. The molecule has 130 valence electrons. The predicted molar refractivity (Wildman–Crippen MR) is 108 cm³/mol. The number of aromatic nitrogens is 3. The number of aromatic amines is 1. The molecule has 2 aromatic rings. The van der Waals surface area contributed by atoms with Crippen LogP contribution in [-0.4, -0.2) is 44.7 Å². The zero-order chi connectivity index (χ0) is 17.0. The van der Waals surface area contributed by atoms with Gasteiger partial charge < -0.3 is 15.6 Å². The molecule has 0 aliphatic heterocycles. The molecule has 5 nitrogen and oxygen atoms in total. The Morgan fingerprint density at radius 1 is 1.21 bits per heavy atom. The number of rotatable bonds is 10. The van der Waals surface area contributed by atoms with Gasteiger partial charge in [-0.05, 0) is 30.8 Å². The van der Waals surface area contributed by atoms with E-state index in [1.165, 1.54) is 11.3 Å². The van der Waals surface area contributed by atoms with Crippen LogP contribution in [0.5, 0.6) is 0 Å². The number of H-pyrrole nitrogens is 1. The van der Waals surface area contributed by atoms with Crippen LogP contribution in [0.4, 0.5) is 0 Å². The summed E-state index contributed by atoms with van der Waals surface area (Å²) in [5.74, 6) is 3.97. The van der Waals surface area contributed by atoms with Crippen LogP contribution in [0.15, 0.2) is 30.9 Å². The summed E-state index contributed by atoms with van der Waals surface area (Å²) in [7, 11) is 0. The van der Waals surface area contributed by atoms with Crippen LogP contribution in [0.1, 0.15) is 17.0 Å². The van der Waals surface area contributed by atoms with Gasteiger partial charge in [-0.2, -0.15) is 23.5 Å². The van der Waals surface area contributed by atoms with Gasteiger partial charge in [-0.3, -0.25) is 4.98 Å². The van der Waals surface area contributed by atoms with Crippen molar-refractivity contribution in [2.75, 3.05) is 24.6 Å². The molecule has 24 heavy (non-hydrogen) atoms. The number of pyridine rings is 1. The van der Waals surface area contributed by atoms with Gasteiger partial charge in [-0.1, -0.05) is 6.07 Å². The fraction of sp³-hybridized carbons (Fsp3) is 0.438. The van der Waals surface area contributed by atoms with Crippen molar-refractivity contribution in [1.82, 2.24) is 25.6 Å². The Kier molecular flexibility index (Phi) is 9.01. The summed E-state index contributed by atoms with van der Waals surface area (Å²) in [4.78, 5) is 11.5. The van der Waals surface area contributed by atoms with Crippen LogP contribution < -0.4 is 10.6 Å². The molecule has 0 saturated carbocycles. The highest BCUT2D eigenvalue weighted by Gasteiger charge is 2.00. The molecule has 0 saturated heterocycles. The Labute approximate surface area is 157 Å². The van der Waals surface area contributed by atoms with Gasteiger partial charge in [0.1, 0.15) is 0 Å². The van der Waals surface area contributed by atoms with Crippen molar-refractivity contribution in [3.8, 4) is 0 Å². The SMILES string of the molecule is Cc1nc[nH]c1CSCCNC(=S)NCCSCc1cccnc1. The number of nitrogens with one attached hydrogen (secondary N) is 3. The maximum atomic E-state index is 5.28. The van der Waals surface area contributed by atoms with Crippen LogP contribution >= 0.6 is 35.7 Å². The fourth-order valence-electron chi connectivity index (χ4n) is 1.92. The monoisotopic (exact) mass is 381 g/mol. The summed E-state index contributed by atoms with van der Waals surface area (Å²) in [5.41, 5.74) is 3.54. The highest BCUT2D eigenvalue weighted by Crippen LogP contribution is 2.11. The molecule has 2 rings (SSSR count). The number of hydrogen-bond acceptors (Lipinski definition) is 5. The van der Waals surface area contributed by atoms with E-state index in [0.29, 0.717) is 0 Å². The zero-order valence-electron chi connectivity index (χ0n) is 13.7. The van der Waals surface area contributed by atoms with E-state index < -0.39 is 0 Å². The lowest BCUT2D eigenvalue weighted by atomic mass is 10.3. The Balaban J connectivity index is 1.43. The molecule has 0 atom stereocenters. The number of thiocarbonyl (C=S) groups is 1. The molecule has 0 radical (unpaired) electrons. The molecule has 2 aromatic heterocycles. The van der Waals surface area contributed by atoms with E-state index >= 15 is 0 Å². The quantitative estimate of drug-likeness (QED) is 0.432. The maximum Gasteiger partial charge on any atom is 0.166 e. The Morgan fingerprint density at radius 2 is 1.96 bits per heavy atom. The molecule has 8 heteroatoms. The molecule has 0 aromatic carbocycles. The molecule has 0 unspecified atom stereocenters. The van der Waals surface area contributed by atoms with Gasteiger partial charge in [0.15, 0.2) is 5.11 Å². The first-order chi connectivity index (χ1) is 11.8. The lowest BCUT2D eigenvalue weighted by molar-refractivity contribution is 0.892. The first-order valence-electron chi connectivity index (χ1n) is 7.80. The van der Waals surface area contributed by atoms with E-state index in [1.807, 2.05) is 42.7 Å². The minimum atomic E-state index is 0.732. The minimum Gasteiger partial charge on any atom is -0.362 e. The van der Waals surface area contributed by atoms with E-state index in [4.69, 9.17) is 12.2 Å². The lowest BCUT2D eigenvalue weighted by Crippen LogP contribution is -2.37. The Hall–Kier alpha value is -1.25. The standard InChI is InChI=1S/C16H23N5S3/c1-13-15(21-12-20-13)11-24-8-6-19-16(22)18-5-7-23-10-14-3-2-4-17-9-14/h2-4,9,12H,5-8,10-11H2,1H3,(H,20,21)(H2,18,19,22). The Morgan fingerprint density at radius 3 is 2.58 bits per heavy atom. The van der Waals surface area contributed by atoms with E-state index in [0.717, 1.165) is 46.9 Å². The second-order valence-corrected chi connectivity index (χ2v) is 7.73. The Bertz CT molecular complexity index is 603. The van der Waals surface area contributed by atoms with Gasteiger partial charge in [0.25, 0.3) is 0 Å². The van der Waals surface area contributed by atoms with Crippen LogP contribution in [-0.2, 0) is 11.5 Å². The number of hydrogen-bond donors (Lipinski definition) is 3. The molecule has 2 heterocycles. The van der Waals surface area contributed by atoms with E-state index in [1.54, 1.807) is 12.5 Å². The van der Waals surface area contributed by atoms with E-state index in [2.05, 4.69) is 31.7 Å². The third-order valence-corrected chi connectivity index (χ3v) is 5.54. The van der Waals surface area contributed by atoms with Crippen molar-refractivity contribution < 1.29 is 0 Å². The van der Waals surface area contributed by atoms with Crippen LogP contribution in [0, 0.1) is 6.92 Å². The van der Waals surface area contributed by atoms with Crippen molar-refractivity contribution in [3.05, 3.63) is 47.8 Å². The van der Waals surface area contributed by atoms with Gasteiger partial charge in [-0.15, -0.1) is 0 Å². The molecular weight excluding hydrogens is 358 g/mol. The second-order valence-electron chi connectivity index (χ2n) is 5.12. The minimum absolute atomic E-state index is 0.732. The lowest BCUT2D eigenvalue weighted by Gasteiger charge is -2.10. The van der Waals surface area contributed by atoms with Crippen LogP contribution in [0.25, 0.3) is 0 Å². The van der Waals surface area contributed by atoms with Gasteiger partial charge in [0.2, 0.25) is 0 Å². The molecule has 0 bridgehead atoms. The summed E-state index contributed by atoms with van der Waals surface area (Å²) >= 11 is 9.02. The first kappa shape index (κ1) is 19.1. The second kappa shape index (κ2) is 11.3. The van der Waals surface area contributed by atoms with Crippen molar-refractivity contribution in [2.24, 2.45) is 0 Å². The summed E-state index contributed by atoms with van der Waals surface area (Å²) in [6, 6.07) is 4.07. The molecule has 3 N–H and O–H groups in total. The number of nitrogens with zero attached hydrogens (tertiary/aromatic N) is 2. The number of imidazole rings is 1. The van der Waals surface area contributed by atoms with Crippen molar-refractivity contribution in [3.63, 3.8) is 0 Å². The van der Waals surface area contributed by atoms with Crippen LogP contribution in [0.3, 0.4) is 0 Å². The number of aryl methyl sites for hydroxylation is 1. The normalized spacial score (nSPS) is 10.5. The van der Waals surface area contributed by atoms with Crippen molar-refractivity contribution in [2.45, 2.75) is 18.4 Å². The molecule has 0 aliphatic rings. The maximum absolute atomic E-state index is 5.28. The topological polar surface area (TPSA) is 65.6 Å². The summed E-state index contributed by atoms with van der Waals surface area (Å²) in [6.07, 6.45) is 5.46. The van der Waals surface area contributed by atoms with E-state index in [9.17, 15) is 0 Å². The molecule has 0 fully saturated rings. The highest BCUT2D eigenvalue weighted by atomic mass is 32.2. The number of thioether (sulfide) groups is 2. The summed E-state index contributed by atoms with van der Waals surface area (Å²) in [5, 5.41) is 7.21. The molecular formula is C16H23N5S3. The zero-order valence-corrected chi connectivity index (χ0v) is 16.2. The fourth-order valence-corrected chi connectivity index (χ4v) is 3.81. The summed E-state index contributed by atoms with van der Waals surface area (Å²) < 4.78 is 0. The summed E-state index contributed by atoms with van der Waals surface area (Å²) in [6.45, 7) is 3.76. The molecule has 0 aliphatic carbocycles. The molecule has 0 spiro atoms. The van der Waals surface area contributed by atoms with E-state index in [-0.39, 0.29) is 0 Å². The van der Waals surface area contributed by atoms with Crippen LogP contribution in [0.2, 0.25) is 0 Å². The smallest absolute Gasteiger partial charge is 0.166 e. The van der Waals surface area contributed by atoms with Gasteiger partial charge >= 0.3 is 0 Å². The largest absolute Gasteiger partial charge is 0.362 e. The van der Waals surface area contributed by atoms with Gasteiger partial charge in [-0.25, -0.2) is 4.98 Å². The highest BCUT2D eigenvalue weighted by molar-refractivity contribution is 7.98. The third kappa shape index (κ3) is 7.55. The first-order valence-corrected chi connectivity index (χ1v) is 10.5. The average Bonchev–Trinajstić information content (AvgIpc) is 3.00. The van der Waals surface area contributed by atoms with Crippen molar-refractivity contribution in [1.29, 1.82) is 0 Å². The van der Waals surface area contributed by atoms with Gasteiger partial charge in [0, 0.05) is 54.2 Å². The van der Waals surface area contributed by atoms with Crippen molar-refractivity contribution >= 4 is 40.9 Å².